The topological polar surface area (TPSA) is 84.6 Å². The molecule has 0 saturated carbocycles. The van der Waals surface area contributed by atoms with Crippen LogP contribution in [0.3, 0.4) is 0 Å². The fourth-order valence-corrected chi connectivity index (χ4v) is 3.45. The fraction of sp³-hybridized carbons (Fsp3) is 0.350. The molecule has 0 bridgehead atoms. The van der Waals surface area contributed by atoms with Crippen LogP contribution in [0.5, 0.6) is 5.75 Å². The molecule has 154 valence electrons. The number of halogens is 3. The Bertz CT molecular complexity index is 876. The molecule has 6 nitrogen and oxygen atoms in total. The molecule has 29 heavy (non-hydrogen) atoms. The van der Waals surface area contributed by atoms with E-state index in [0.29, 0.717) is 18.2 Å². The van der Waals surface area contributed by atoms with E-state index in [9.17, 15) is 18.3 Å². The van der Waals surface area contributed by atoms with Crippen LogP contribution in [0, 0.1) is 5.53 Å². The maximum absolute atomic E-state index is 13.0. The van der Waals surface area contributed by atoms with Gasteiger partial charge in [0.05, 0.1) is 11.3 Å². The van der Waals surface area contributed by atoms with E-state index >= 15 is 0 Å². The second kappa shape index (κ2) is 9.04. The number of hydrogen-bond acceptors (Lipinski definition) is 6. The van der Waals surface area contributed by atoms with Gasteiger partial charge in [-0.25, -0.2) is 10.5 Å². The van der Waals surface area contributed by atoms with E-state index in [1.54, 1.807) is 12.1 Å². The van der Waals surface area contributed by atoms with E-state index < -0.39 is 11.7 Å². The number of aromatic nitrogens is 1. The van der Waals surface area contributed by atoms with Crippen molar-refractivity contribution in [2.75, 3.05) is 25.0 Å². The summed E-state index contributed by atoms with van der Waals surface area (Å²) in [5.74, 6) is 0.283. The largest absolute Gasteiger partial charge is 0.508 e. The number of nitrogens with zero attached hydrogens (tertiary/aromatic N) is 3. The summed E-state index contributed by atoms with van der Waals surface area (Å²) in [5, 5.41) is 15.6. The molecule has 2 heterocycles. The first-order valence-electron chi connectivity index (χ1n) is 9.23. The summed E-state index contributed by atoms with van der Waals surface area (Å²) in [6, 6.07) is 9.43. The molecular weight excluding hydrogens is 383 g/mol. The fourth-order valence-electron chi connectivity index (χ4n) is 3.45. The Hall–Kier alpha value is -2.94. The number of phenolic OH excluding ortho intramolecular Hbond substituents is 1. The van der Waals surface area contributed by atoms with Crippen molar-refractivity contribution < 1.29 is 18.3 Å². The normalized spacial score (nSPS) is 16.6. The van der Waals surface area contributed by atoms with Gasteiger partial charge in [-0.1, -0.05) is 12.1 Å². The van der Waals surface area contributed by atoms with Gasteiger partial charge in [0.15, 0.2) is 0 Å². The van der Waals surface area contributed by atoms with Crippen molar-refractivity contribution in [2.24, 2.45) is 5.11 Å². The van der Waals surface area contributed by atoms with Crippen LogP contribution in [0.25, 0.3) is 0 Å². The highest BCUT2D eigenvalue weighted by Gasteiger charge is 2.34. The van der Waals surface area contributed by atoms with E-state index in [4.69, 9.17) is 5.53 Å². The minimum absolute atomic E-state index is 0.252. The number of phenols is 1. The van der Waals surface area contributed by atoms with Crippen molar-refractivity contribution in [1.82, 2.24) is 9.88 Å². The van der Waals surface area contributed by atoms with Crippen molar-refractivity contribution >= 4 is 5.82 Å². The molecule has 0 radical (unpaired) electrons. The SMILES string of the molecule is N=N/C(=C\Nc1ncccc1C(F)(F)F)CN1CCC(c2cccc(O)c2)CC1. The summed E-state index contributed by atoms with van der Waals surface area (Å²) in [5.41, 5.74) is 7.89. The molecule has 3 rings (SSSR count). The zero-order valence-electron chi connectivity index (χ0n) is 15.7. The third-order valence-corrected chi connectivity index (χ3v) is 4.95. The predicted octanol–water partition coefficient (Wildman–Crippen LogP) is 4.97. The van der Waals surface area contributed by atoms with E-state index in [-0.39, 0.29) is 11.6 Å². The highest BCUT2D eigenvalue weighted by molar-refractivity contribution is 5.48. The van der Waals surface area contributed by atoms with Crippen molar-refractivity contribution in [3.8, 4) is 5.75 Å². The lowest BCUT2D eigenvalue weighted by molar-refractivity contribution is -0.137. The molecule has 1 saturated heterocycles. The monoisotopic (exact) mass is 405 g/mol. The maximum Gasteiger partial charge on any atom is 0.419 e. The van der Waals surface area contributed by atoms with Gasteiger partial charge in [-0.05, 0) is 61.7 Å². The summed E-state index contributed by atoms with van der Waals surface area (Å²) >= 11 is 0. The molecule has 1 aromatic carbocycles. The van der Waals surface area contributed by atoms with Crippen LogP contribution in [0.4, 0.5) is 19.0 Å². The van der Waals surface area contributed by atoms with Gasteiger partial charge < -0.3 is 10.4 Å². The summed E-state index contributed by atoms with van der Waals surface area (Å²) in [6.45, 7) is 1.90. The van der Waals surface area contributed by atoms with Crippen LogP contribution in [0.2, 0.25) is 0 Å². The lowest BCUT2D eigenvalue weighted by Gasteiger charge is -2.32. The number of pyridine rings is 1. The summed E-state index contributed by atoms with van der Waals surface area (Å²) in [6.07, 6.45) is -0.168. The average molecular weight is 405 g/mol. The number of anilines is 1. The molecule has 0 amide bonds. The number of rotatable bonds is 6. The van der Waals surface area contributed by atoms with Crippen molar-refractivity contribution in [1.29, 1.82) is 5.53 Å². The zero-order chi connectivity index (χ0) is 20.9. The van der Waals surface area contributed by atoms with E-state index in [0.717, 1.165) is 37.6 Å². The minimum Gasteiger partial charge on any atom is -0.508 e. The first-order valence-corrected chi connectivity index (χ1v) is 9.23. The van der Waals surface area contributed by atoms with Crippen molar-refractivity contribution in [3.63, 3.8) is 0 Å². The van der Waals surface area contributed by atoms with Gasteiger partial charge in [0, 0.05) is 18.9 Å². The van der Waals surface area contributed by atoms with Gasteiger partial charge in [0.25, 0.3) is 0 Å². The predicted molar refractivity (Wildman–Crippen MR) is 103 cm³/mol. The molecule has 0 spiro atoms. The second-order valence-electron chi connectivity index (χ2n) is 6.93. The third kappa shape index (κ3) is 5.54. The summed E-state index contributed by atoms with van der Waals surface area (Å²) < 4.78 is 39.1. The summed E-state index contributed by atoms with van der Waals surface area (Å²) in [7, 11) is 0. The van der Waals surface area contributed by atoms with E-state index in [1.807, 2.05) is 12.1 Å². The number of alkyl halides is 3. The third-order valence-electron chi connectivity index (χ3n) is 4.95. The first-order chi connectivity index (χ1) is 13.9. The molecule has 0 atom stereocenters. The number of nitrogens with one attached hydrogen (secondary N) is 2. The maximum atomic E-state index is 13.0. The average Bonchev–Trinajstić information content (AvgIpc) is 2.71. The lowest BCUT2D eigenvalue weighted by atomic mass is 9.89. The molecule has 1 aromatic heterocycles. The highest BCUT2D eigenvalue weighted by Crippen LogP contribution is 2.33. The highest BCUT2D eigenvalue weighted by atomic mass is 19.4. The van der Waals surface area contributed by atoms with Gasteiger partial charge in [-0.3, -0.25) is 4.90 Å². The first kappa shape index (κ1) is 20.8. The van der Waals surface area contributed by atoms with Crippen LogP contribution in [0.1, 0.15) is 29.9 Å². The smallest absolute Gasteiger partial charge is 0.419 e. The van der Waals surface area contributed by atoms with Gasteiger partial charge >= 0.3 is 6.18 Å². The number of likely N-dealkylation sites (tertiary alicyclic amines) is 1. The Morgan fingerprint density at radius 1 is 1.28 bits per heavy atom. The molecule has 0 aliphatic carbocycles. The Morgan fingerprint density at radius 2 is 2.03 bits per heavy atom. The number of aromatic hydroxyl groups is 1. The Labute approximate surface area is 166 Å². The molecule has 0 unspecified atom stereocenters. The van der Waals surface area contributed by atoms with Gasteiger partial charge in [0.2, 0.25) is 0 Å². The molecule has 9 heteroatoms. The second-order valence-corrected chi connectivity index (χ2v) is 6.93. The Kier molecular flexibility index (Phi) is 6.48. The molecule has 1 fully saturated rings. The molecular formula is C20H22F3N5O. The standard InChI is InChI=1S/C20H22F3N5O/c21-20(22,23)18-5-2-8-25-19(18)26-12-16(27-24)13-28-9-6-14(7-10-28)15-3-1-4-17(29)11-15/h1-5,8,11-12,14,24,29H,6-7,9-10,13H2,(H,25,26)/b16-12-,27-24?. The van der Waals surface area contributed by atoms with E-state index in [2.05, 4.69) is 20.3 Å². The number of hydrogen-bond donors (Lipinski definition) is 3. The molecule has 1 aliphatic rings. The number of piperidine rings is 1. The summed E-state index contributed by atoms with van der Waals surface area (Å²) in [4.78, 5) is 5.84. The quantitative estimate of drug-likeness (QED) is 0.593. The van der Waals surface area contributed by atoms with Crippen LogP contribution >= 0.6 is 0 Å². The van der Waals surface area contributed by atoms with Crippen LogP contribution in [-0.2, 0) is 6.18 Å². The molecule has 1 aliphatic heterocycles. The van der Waals surface area contributed by atoms with E-state index in [1.165, 1.54) is 18.5 Å². The van der Waals surface area contributed by atoms with Crippen molar-refractivity contribution in [2.45, 2.75) is 24.9 Å². The Morgan fingerprint density at radius 3 is 2.69 bits per heavy atom. The number of benzene rings is 1. The van der Waals surface area contributed by atoms with Gasteiger partial charge in [0.1, 0.15) is 11.6 Å². The van der Waals surface area contributed by atoms with Crippen LogP contribution in [0.15, 0.2) is 59.6 Å². The van der Waals surface area contributed by atoms with Crippen LogP contribution < -0.4 is 5.32 Å². The van der Waals surface area contributed by atoms with Crippen molar-refractivity contribution in [3.05, 3.63) is 65.6 Å². The van der Waals surface area contributed by atoms with Gasteiger partial charge in [-0.15, -0.1) is 0 Å². The zero-order valence-corrected chi connectivity index (χ0v) is 15.7. The Balaban J connectivity index is 1.59. The molecule has 2 aromatic rings. The minimum atomic E-state index is -4.52. The lowest BCUT2D eigenvalue weighted by Crippen LogP contribution is -2.34. The molecule has 3 N–H and O–H groups in total. The van der Waals surface area contributed by atoms with Gasteiger partial charge in [-0.2, -0.15) is 18.3 Å². The van der Waals surface area contributed by atoms with Crippen LogP contribution in [-0.4, -0.2) is 34.6 Å².